The van der Waals surface area contributed by atoms with Crippen LogP contribution in [0.1, 0.15) is 27.9 Å². The van der Waals surface area contributed by atoms with E-state index in [1.807, 2.05) is 32.1 Å². The molecule has 0 fully saturated rings. The van der Waals surface area contributed by atoms with Gasteiger partial charge in [-0.1, -0.05) is 12.2 Å². The Kier molecular flexibility index (Phi) is 2.42. The molecule has 1 unspecified atom stereocenters. The standard InChI is InChI=1S/C15H16N2O2/c1-7-11-14(18)9-5-3-4-6-10(9)19-15(11)8(2)13(17)12(7)16/h3-4,6,9H,5,16-17H2,1-2H3. The first-order valence-corrected chi connectivity index (χ1v) is 6.29. The van der Waals surface area contributed by atoms with Crippen molar-refractivity contribution >= 4 is 17.2 Å². The van der Waals surface area contributed by atoms with Gasteiger partial charge in [0, 0.05) is 5.56 Å². The largest absolute Gasteiger partial charge is 0.460 e. The third kappa shape index (κ3) is 1.49. The Labute approximate surface area is 111 Å². The molecule has 2 aliphatic rings. The van der Waals surface area contributed by atoms with Gasteiger partial charge >= 0.3 is 0 Å². The Morgan fingerprint density at radius 2 is 1.89 bits per heavy atom. The minimum atomic E-state index is -0.223. The van der Waals surface area contributed by atoms with E-state index in [1.54, 1.807) is 0 Å². The van der Waals surface area contributed by atoms with Gasteiger partial charge in [-0.15, -0.1) is 0 Å². The van der Waals surface area contributed by atoms with Gasteiger partial charge in [0.15, 0.2) is 5.78 Å². The van der Waals surface area contributed by atoms with Crippen molar-refractivity contribution in [3.05, 3.63) is 40.7 Å². The van der Waals surface area contributed by atoms with Gasteiger partial charge in [-0.05, 0) is 31.9 Å². The van der Waals surface area contributed by atoms with Crippen molar-refractivity contribution in [2.24, 2.45) is 5.92 Å². The molecular formula is C15H16N2O2. The highest BCUT2D eigenvalue weighted by atomic mass is 16.5. The molecule has 1 atom stereocenters. The number of ketones is 1. The van der Waals surface area contributed by atoms with Crippen LogP contribution in [0.4, 0.5) is 11.4 Å². The van der Waals surface area contributed by atoms with E-state index in [1.165, 1.54) is 0 Å². The van der Waals surface area contributed by atoms with E-state index >= 15 is 0 Å². The molecule has 4 nitrogen and oxygen atoms in total. The van der Waals surface area contributed by atoms with Crippen LogP contribution < -0.4 is 16.2 Å². The minimum Gasteiger partial charge on any atom is -0.460 e. The Bertz CT molecular complexity index is 657. The second-order valence-corrected chi connectivity index (χ2v) is 5.03. The van der Waals surface area contributed by atoms with E-state index in [0.717, 1.165) is 11.1 Å². The average molecular weight is 256 g/mol. The zero-order valence-corrected chi connectivity index (χ0v) is 11.0. The van der Waals surface area contributed by atoms with Crippen LogP contribution in [0.3, 0.4) is 0 Å². The molecule has 1 aliphatic carbocycles. The Hall–Kier alpha value is -2.23. The molecule has 0 saturated heterocycles. The summed E-state index contributed by atoms with van der Waals surface area (Å²) in [4.78, 5) is 12.6. The summed E-state index contributed by atoms with van der Waals surface area (Å²) < 4.78 is 5.91. The molecule has 0 aromatic heterocycles. The summed E-state index contributed by atoms with van der Waals surface area (Å²) in [6.07, 6.45) is 6.40. The molecule has 0 spiro atoms. The molecule has 0 amide bonds. The van der Waals surface area contributed by atoms with E-state index in [2.05, 4.69) is 0 Å². The van der Waals surface area contributed by atoms with E-state index < -0.39 is 0 Å². The number of carbonyl (C=O) groups is 1. The molecule has 1 aliphatic heterocycles. The van der Waals surface area contributed by atoms with Gasteiger partial charge < -0.3 is 16.2 Å². The molecule has 0 bridgehead atoms. The zero-order valence-electron chi connectivity index (χ0n) is 11.0. The van der Waals surface area contributed by atoms with E-state index in [-0.39, 0.29) is 11.7 Å². The highest BCUT2D eigenvalue weighted by Gasteiger charge is 2.36. The number of anilines is 2. The van der Waals surface area contributed by atoms with Crippen molar-refractivity contribution in [2.75, 3.05) is 11.5 Å². The second-order valence-electron chi connectivity index (χ2n) is 5.03. The Morgan fingerprint density at radius 3 is 2.63 bits per heavy atom. The number of Topliss-reactive ketones (excluding diaryl/α,β-unsaturated/α-hetero) is 1. The molecule has 1 aromatic carbocycles. The second kappa shape index (κ2) is 3.88. The van der Waals surface area contributed by atoms with Crippen LogP contribution in [0, 0.1) is 19.8 Å². The van der Waals surface area contributed by atoms with Crippen molar-refractivity contribution in [2.45, 2.75) is 20.3 Å². The molecule has 1 heterocycles. The number of allylic oxidation sites excluding steroid dienone is 4. The van der Waals surface area contributed by atoms with Gasteiger partial charge in [0.25, 0.3) is 0 Å². The first-order chi connectivity index (χ1) is 9.02. The van der Waals surface area contributed by atoms with E-state index in [0.29, 0.717) is 34.9 Å². The summed E-state index contributed by atoms with van der Waals surface area (Å²) in [6.45, 7) is 3.65. The van der Waals surface area contributed by atoms with Crippen LogP contribution >= 0.6 is 0 Å². The first kappa shape index (κ1) is 11.8. The predicted molar refractivity (Wildman–Crippen MR) is 75.0 cm³/mol. The number of carbonyl (C=O) groups excluding carboxylic acids is 1. The summed E-state index contributed by atoms with van der Waals surface area (Å²) in [7, 11) is 0. The molecule has 0 radical (unpaired) electrons. The average Bonchev–Trinajstić information content (AvgIpc) is 2.43. The van der Waals surface area contributed by atoms with Crippen LogP contribution in [-0.4, -0.2) is 5.78 Å². The quantitative estimate of drug-likeness (QED) is 0.699. The van der Waals surface area contributed by atoms with Gasteiger partial charge in [-0.3, -0.25) is 4.79 Å². The lowest BCUT2D eigenvalue weighted by atomic mass is 9.84. The number of ether oxygens (including phenoxy) is 1. The van der Waals surface area contributed by atoms with Crippen LogP contribution in [0.25, 0.3) is 0 Å². The third-order valence-corrected chi connectivity index (χ3v) is 3.94. The number of fused-ring (bicyclic) bond motifs is 2. The number of nitrogen functional groups attached to an aromatic ring is 2. The molecule has 4 N–H and O–H groups in total. The monoisotopic (exact) mass is 256 g/mol. The number of hydrogen-bond donors (Lipinski definition) is 2. The van der Waals surface area contributed by atoms with Crippen molar-refractivity contribution in [3.63, 3.8) is 0 Å². The van der Waals surface area contributed by atoms with Gasteiger partial charge in [-0.2, -0.15) is 0 Å². The first-order valence-electron chi connectivity index (χ1n) is 6.29. The molecule has 19 heavy (non-hydrogen) atoms. The number of rotatable bonds is 0. The maximum Gasteiger partial charge on any atom is 0.177 e. The molecular weight excluding hydrogens is 240 g/mol. The lowest BCUT2D eigenvalue weighted by Crippen LogP contribution is -2.28. The van der Waals surface area contributed by atoms with Crippen molar-refractivity contribution in [1.29, 1.82) is 0 Å². The SMILES string of the molecule is Cc1c(N)c(N)c(C)c2c1OC1=CC=CCC1C2=O. The van der Waals surface area contributed by atoms with Crippen LogP contribution in [-0.2, 0) is 0 Å². The maximum absolute atomic E-state index is 12.6. The zero-order chi connectivity index (χ0) is 13.7. The van der Waals surface area contributed by atoms with Crippen molar-refractivity contribution in [1.82, 2.24) is 0 Å². The van der Waals surface area contributed by atoms with Crippen LogP contribution in [0.15, 0.2) is 24.0 Å². The summed E-state index contributed by atoms with van der Waals surface area (Å²) in [5.74, 6) is 1.11. The fourth-order valence-corrected chi connectivity index (χ4v) is 2.69. The Morgan fingerprint density at radius 1 is 1.21 bits per heavy atom. The summed E-state index contributed by atoms with van der Waals surface area (Å²) in [5.41, 5.74) is 15.0. The van der Waals surface area contributed by atoms with E-state index in [9.17, 15) is 4.79 Å². The number of hydrogen-bond acceptors (Lipinski definition) is 4. The molecule has 1 aromatic rings. The third-order valence-electron chi connectivity index (χ3n) is 3.94. The fourth-order valence-electron chi connectivity index (χ4n) is 2.69. The van der Waals surface area contributed by atoms with Crippen molar-refractivity contribution in [3.8, 4) is 5.75 Å². The minimum absolute atomic E-state index is 0.0733. The van der Waals surface area contributed by atoms with Gasteiger partial charge in [0.05, 0.1) is 22.9 Å². The highest BCUT2D eigenvalue weighted by Crippen LogP contribution is 2.44. The number of nitrogens with two attached hydrogens (primary N) is 2. The van der Waals surface area contributed by atoms with Gasteiger partial charge in [0.1, 0.15) is 11.5 Å². The lowest BCUT2D eigenvalue weighted by Gasteiger charge is -2.30. The molecule has 98 valence electrons. The smallest absolute Gasteiger partial charge is 0.177 e. The Balaban J connectivity index is 2.29. The molecule has 3 rings (SSSR count). The molecule has 4 heteroatoms. The van der Waals surface area contributed by atoms with Crippen LogP contribution in [0.2, 0.25) is 0 Å². The summed E-state index contributed by atoms with van der Waals surface area (Å²) >= 11 is 0. The van der Waals surface area contributed by atoms with Gasteiger partial charge in [-0.25, -0.2) is 0 Å². The molecule has 0 saturated carbocycles. The highest BCUT2D eigenvalue weighted by molar-refractivity contribution is 6.07. The predicted octanol–water partition coefficient (Wildman–Crippen LogP) is 2.50. The van der Waals surface area contributed by atoms with Crippen LogP contribution in [0.5, 0.6) is 5.75 Å². The maximum atomic E-state index is 12.6. The number of benzene rings is 1. The normalized spacial score (nSPS) is 20.4. The fraction of sp³-hybridized carbons (Fsp3) is 0.267. The van der Waals surface area contributed by atoms with E-state index in [4.69, 9.17) is 16.2 Å². The summed E-state index contributed by atoms with van der Waals surface area (Å²) in [5, 5.41) is 0. The van der Waals surface area contributed by atoms with Gasteiger partial charge in [0.2, 0.25) is 0 Å². The lowest BCUT2D eigenvalue weighted by molar-refractivity contribution is 0.0890. The summed E-state index contributed by atoms with van der Waals surface area (Å²) in [6, 6.07) is 0. The topological polar surface area (TPSA) is 78.3 Å². The van der Waals surface area contributed by atoms with Crippen molar-refractivity contribution < 1.29 is 9.53 Å².